The van der Waals surface area contributed by atoms with Crippen LogP contribution in [0, 0.1) is 0 Å². The Bertz CT molecular complexity index is 327. The third-order valence-electron chi connectivity index (χ3n) is 2.58. The molecule has 1 aliphatic rings. The first-order valence-corrected chi connectivity index (χ1v) is 4.81. The quantitative estimate of drug-likeness (QED) is 0.691. The molecular weight excluding hydrogens is 180 g/mol. The van der Waals surface area contributed by atoms with Gasteiger partial charge in [-0.15, -0.1) is 0 Å². The molecule has 5 heteroatoms. The van der Waals surface area contributed by atoms with Gasteiger partial charge in [-0.25, -0.2) is 4.98 Å². The standard InChI is InChI=1S/C9H14N4O/c10-9(14)8-5-12-6-13(8)7-2-1-3-11-4-7/h5-7,11H,1-4H2,(H2,10,14). The van der Waals surface area contributed by atoms with Crippen molar-refractivity contribution in [2.24, 2.45) is 5.73 Å². The van der Waals surface area contributed by atoms with Crippen LogP contribution in [0.5, 0.6) is 0 Å². The van der Waals surface area contributed by atoms with Crippen LogP contribution in [0.1, 0.15) is 29.4 Å². The van der Waals surface area contributed by atoms with Gasteiger partial charge in [0.2, 0.25) is 0 Å². The normalized spacial score (nSPS) is 22.1. The fourth-order valence-electron chi connectivity index (χ4n) is 1.86. The van der Waals surface area contributed by atoms with Gasteiger partial charge in [0.15, 0.2) is 0 Å². The molecule has 76 valence electrons. The number of amides is 1. The van der Waals surface area contributed by atoms with E-state index in [9.17, 15) is 4.79 Å². The molecule has 0 aromatic carbocycles. The summed E-state index contributed by atoms with van der Waals surface area (Å²) in [7, 11) is 0. The Balaban J connectivity index is 2.21. The molecular formula is C9H14N4O. The second-order valence-electron chi connectivity index (χ2n) is 3.55. The zero-order chi connectivity index (χ0) is 9.97. The molecule has 1 aliphatic heterocycles. The van der Waals surface area contributed by atoms with E-state index in [1.54, 1.807) is 6.33 Å². The Morgan fingerprint density at radius 3 is 3.21 bits per heavy atom. The van der Waals surface area contributed by atoms with Crippen molar-refractivity contribution in [1.82, 2.24) is 14.9 Å². The van der Waals surface area contributed by atoms with E-state index >= 15 is 0 Å². The second kappa shape index (κ2) is 3.79. The predicted octanol–water partition coefficient (Wildman–Crippen LogP) is -0.0935. The second-order valence-corrected chi connectivity index (χ2v) is 3.55. The third-order valence-corrected chi connectivity index (χ3v) is 2.58. The number of nitrogens with one attached hydrogen (secondary N) is 1. The molecule has 1 aromatic rings. The summed E-state index contributed by atoms with van der Waals surface area (Å²) in [6, 6.07) is 0.314. The van der Waals surface area contributed by atoms with E-state index in [4.69, 9.17) is 5.73 Å². The third kappa shape index (κ3) is 1.63. The van der Waals surface area contributed by atoms with Gasteiger partial charge in [-0.05, 0) is 19.4 Å². The van der Waals surface area contributed by atoms with Crippen molar-refractivity contribution in [3.63, 3.8) is 0 Å². The number of hydrogen-bond donors (Lipinski definition) is 2. The average molecular weight is 194 g/mol. The van der Waals surface area contributed by atoms with Gasteiger partial charge in [-0.1, -0.05) is 0 Å². The van der Waals surface area contributed by atoms with Crippen molar-refractivity contribution in [2.75, 3.05) is 13.1 Å². The van der Waals surface area contributed by atoms with Crippen molar-refractivity contribution in [3.8, 4) is 0 Å². The Labute approximate surface area is 82.3 Å². The highest BCUT2D eigenvalue weighted by atomic mass is 16.1. The maximum atomic E-state index is 11.1. The molecule has 1 saturated heterocycles. The monoisotopic (exact) mass is 194 g/mol. The van der Waals surface area contributed by atoms with Crippen LogP contribution in [0.2, 0.25) is 0 Å². The van der Waals surface area contributed by atoms with Crippen molar-refractivity contribution >= 4 is 5.91 Å². The summed E-state index contributed by atoms with van der Waals surface area (Å²) < 4.78 is 1.87. The first-order valence-electron chi connectivity index (χ1n) is 4.81. The fourth-order valence-corrected chi connectivity index (χ4v) is 1.86. The number of primary amides is 1. The zero-order valence-corrected chi connectivity index (χ0v) is 7.94. The Kier molecular flexibility index (Phi) is 2.49. The highest BCUT2D eigenvalue weighted by Gasteiger charge is 2.18. The summed E-state index contributed by atoms with van der Waals surface area (Å²) >= 11 is 0. The van der Waals surface area contributed by atoms with Gasteiger partial charge in [-0.3, -0.25) is 4.79 Å². The molecule has 1 aromatic heterocycles. The molecule has 2 rings (SSSR count). The van der Waals surface area contributed by atoms with E-state index in [-0.39, 0.29) is 0 Å². The van der Waals surface area contributed by atoms with Crippen molar-refractivity contribution in [1.29, 1.82) is 0 Å². The van der Waals surface area contributed by atoms with Crippen LogP contribution in [0.4, 0.5) is 0 Å². The fraction of sp³-hybridized carbons (Fsp3) is 0.556. The minimum atomic E-state index is -0.409. The molecule has 1 amide bonds. The lowest BCUT2D eigenvalue weighted by Crippen LogP contribution is -2.33. The molecule has 14 heavy (non-hydrogen) atoms. The molecule has 0 spiro atoms. The number of nitrogens with two attached hydrogens (primary N) is 1. The van der Waals surface area contributed by atoms with Gasteiger partial charge in [-0.2, -0.15) is 0 Å². The van der Waals surface area contributed by atoms with Gasteiger partial charge < -0.3 is 15.6 Å². The lowest BCUT2D eigenvalue weighted by molar-refractivity contribution is 0.0988. The highest BCUT2D eigenvalue weighted by molar-refractivity contribution is 5.90. The van der Waals surface area contributed by atoms with E-state index in [1.165, 1.54) is 6.20 Å². The van der Waals surface area contributed by atoms with Crippen LogP contribution in [0.25, 0.3) is 0 Å². The van der Waals surface area contributed by atoms with Crippen molar-refractivity contribution in [3.05, 3.63) is 18.2 Å². The van der Waals surface area contributed by atoms with Gasteiger partial charge >= 0.3 is 0 Å². The largest absolute Gasteiger partial charge is 0.364 e. The number of hydrogen-bond acceptors (Lipinski definition) is 3. The minimum absolute atomic E-state index is 0.314. The Hall–Kier alpha value is -1.36. The van der Waals surface area contributed by atoms with E-state index < -0.39 is 5.91 Å². The van der Waals surface area contributed by atoms with Crippen molar-refractivity contribution in [2.45, 2.75) is 18.9 Å². The topological polar surface area (TPSA) is 72.9 Å². The molecule has 0 bridgehead atoms. The number of nitrogens with zero attached hydrogens (tertiary/aromatic N) is 2. The van der Waals surface area contributed by atoms with Crippen LogP contribution in [0.15, 0.2) is 12.5 Å². The highest BCUT2D eigenvalue weighted by Crippen LogP contribution is 2.17. The number of rotatable bonds is 2. The summed E-state index contributed by atoms with van der Waals surface area (Å²) in [5.41, 5.74) is 5.74. The first-order chi connectivity index (χ1) is 6.79. The Morgan fingerprint density at radius 2 is 2.57 bits per heavy atom. The lowest BCUT2D eigenvalue weighted by atomic mass is 10.1. The average Bonchev–Trinajstić information content (AvgIpc) is 2.67. The molecule has 1 fully saturated rings. The van der Waals surface area contributed by atoms with Gasteiger partial charge in [0.25, 0.3) is 5.91 Å². The number of carbonyl (C=O) groups excluding carboxylic acids is 1. The predicted molar refractivity (Wildman–Crippen MR) is 51.9 cm³/mol. The SMILES string of the molecule is NC(=O)c1cncn1C1CCCNC1. The van der Waals surface area contributed by atoms with E-state index in [0.29, 0.717) is 11.7 Å². The maximum Gasteiger partial charge on any atom is 0.266 e. The molecule has 1 unspecified atom stereocenters. The minimum Gasteiger partial charge on any atom is -0.364 e. The Morgan fingerprint density at radius 1 is 1.71 bits per heavy atom. The first kappa shape index (κ1) is 9.21. The number of aromatic nitrogens is 2. The van der Waals surface area contributed by atoms with Crippen LogP contribution >= 0.6 is 0 Å². The van der Waals surface area contributed by atoms with Crippen molar-refractivity contribution < 1.29 is 4.79 Å². The molecule has 0 saturated carbocycles. The molecule has 5 nitrogen and oxygen atoms in total. The lowest BCUT2D eigenvalue weighted by Gasteiger charge is -2.24. The number of carbonyl (C=O) groups is 1. The maximum absolute atomic E-state index is 11.1. The van der Waals surface area contributed by atoms with Crippen LogP contribution in [-0.2, 0) is 0 Å². The van der Waals surface area contributed by atoms with Gasteiger partial charge in [0, 0.05) is 12.6 Å². The van der Waals surface area contributed by atoms with E-state index in [2.05, 4.69) is 10.3 Å². The smallest absolute Gasteiger partial charge is 0.266 e. The van der Waals surface area contributed by atoms with Gasteiger partial charge in [0.05, 0.1) is 12.5 Å². The summed E-state index contributed by atoms with van der Waals surface area (Å²) in [6.07, 6.45) is 5.40. The molecule has 0 radical (unpaired) electrons. The van der Waals surface area contributed by atoms with E-state index in [0.717, 1.165) is 25.9 Å². The van der Waals surface area contributed by atoms with Gasteiger partial charge in [0.1, 0.15) is 5.69 Å². The number of piperidine rings is 1. The van der Waals surface area contributed by atoms with Crippen LogP contribution in [-0.4, -0.2) is 28.5 Å². The molecule has 2 heterocycles. The zero-order valence-electron chi connectivity index (χ0n) is 7.94. The summed E-state index contributed by atoms with van der Waals surface area (Å²) in [5.74, 6) is -0.409. The molecule has 0 aliphatic carbocycles. The molecule has 1 atom stereocenters. The van der Waals surface area contributed by atoms with E-state index in [1.807, 2.05) is 4.57 Å². The summed E-state index contributed by atoms with van der Waals surface area (Å²) in [6.45, 7) is 1.94. The number of imidazole rings is 1. The summed E-state index contributed by atoms with van der Waals surface area (Å²) in [5, 5.41) is 3.29. The summed E-state index contributed by atoms with van der Waals surface area (Å²) in [4.78, 5) is 15.0. The van der Waals surface area contributed by atoms with Crippen LogP contribution < -0.4 is 11.1 Å². The molecule has 3 N–H and O–H groups in total. The van der Waals surface area contributed by atoms with Crippen LogP contribution in [0.3, 0.4) is 0 Å².